The lowest BCUT2D eigenvalue weighted by Gasteiger charge is -2.13. The molecule has 1 N–H and O–H groups in total. The number of fused-ring (bicyclic) bond motifs is 1. The quantitative estimate of drug-likeness (QED) is 0.175. The van der Waals surface area contributed by atoms with Gasteiger partial charge in [0, 0.05) is 9.35 Å². The number of amides is 1. The average molecular weight is 513 g/mol. The van der Waals surface area contributed by atoms with Crippen molar-refractivity contribution in [2.24, 2.45) is 5.10 Å². The van der Waals surface area contributed by atoms with Crippen molar-refractivity contribution in [3.8, 4) is 5.69 Å². The Labute approximate surface area is 195 Å². The summed E-state index contributed by atoms with van der Waals surface area (Å²) in [5.41, 5.74) is 4.73. The molecule has 1 amide bonds. The number of aromatic nitrogens is 2. The van der Waals surface area contributed by atoms with Crippen molar-refractivity contribution in [1.82, 2.24) is 15.0 Å². The largest absolute Gasteiger partial charge is 0.272 e. The van der Waals surface area contributed by atoms with Gasteiger partial charge in [-0.05, 0) is 60.3 Å². The topological polar surface area (TPSA) is 76.3 Å². The van der Waals surface area contributed by atoms with Crippen molar-refractivity contribution in [3.05, 3.63) is 85.2 Å². The molecule has 0 unspecified atom stereocenters. The Morgan fingerprint density at radius 3 is 2.74 bits per heavy atom. The molecule has 2 aromatic heterocycles. The van der Waals surface area contributed by atoms with Gasteiger partial charge in [0.05, 0.1) is 28.6 Å². The molecule has 156 valence electrons. The Hall–Kier alpha value is -2.75. The molecule has 4 rings (SSSR count). The van der Waals surface area contributed by atoms with Gasteiger partial charge in [0.25, 0.3) is 11.5 Å². The van der Waals surface area contributed by atoms with E-state index >= 15 is 0 Å². The zero-order valence-electron chi connectivity index (χ0n) is 16.4. The van der Waals surface area contributed by atoms with Gasteiger partial charge in [0.2, 0.25) is 0 Å². The van der Waals surface area contributed by atoms with E-state index < -0.39 is 0 Å². The van der Waals surface area contributed by atoms with Gasteiger partial charge in [-0.1, -0.05) is 39.8 Å². The predicted molar refractivity (Wildman–Crippen MR) is 131 cm³/mol. The molecule has 9 heteroatoms. The van der Waals surface area contributed by atoms with Gasteiger partial charge in [-0.15, -0.1) is 11.3 Å². The van der Waals surface area contributed by atoms with Crippen LogP contribution in [0.4, 0.5) is 0 Å². The van der Waals surface area contributed by atoms with Gasteiger partial charge in [0.1, 0.15) is 0 Å². The fraction of sp³-hybridized carbons (Fsp3) is 0.0909. The molecular weight excluding hydrogens is 496 g/mol. The number of carbonyl (C=O) groups excluding carboxylic acids is 1. The second-order valence-electron chi connectivity index (χ2n) is 6.58. The minimum atomic E-state index is -0.278. The summed E-state index contributed by atoms with van der Waals surface area (Å²) in [6.45, 7) is 1.99. The third-order valence-corrected chi connectivity index (χ3v) is 6.86. The van der Waals surface area contributed by atoms with E-state index in [0.29, 0.717) is 21.7 Å². The fourth-order valence-corrected chi connectivity index (χ4v) is 4.72. The van der Waals surface area contributed by atoms with Gasteiger partial charge >= 0.3 is 0 Å². The first-order chi connectivity index (χ1) is 15.0. The smallest absolute Gasteiger partial charge is 0.266 e. The van der Waals surface area contributed by atoms with Crippen molar-refractivity contribution in [3.63, 3.8) is 0 Å². The van der Waals surface area contributed by atoms with Crippen LogP contribution in [0.2, 0.25) is 0 Å². The number of thiophene rings is 1. The van der Waals surface area contributed by atoms with E-state index in [0.717, 1.165) is 14.9 Å². The summed E-state index contributed by atoms with van der Waals surface area (Å²) in [6.07, 6.45) is 1.63. The van der Waals surface area contributed by atoms with Crippen LogP contribution < -0.4 is 11.0 Å². The van der Waals surface area contributed by atoms with E-state index in [1.165, 1.54) is 16.3 Å². The summed E-state index contributed by atoms with van der Waals surface area (Å²) in [4.78, 5) is 31.1. The predicted octanol–water partition coefficient (Wildman–Crippen LogP) is 4.76. The number of benzene rings is 2. The van der Waals surface area contributed by atoms with Crippen molar-refractivity contribution >= 4 is 62.1 Å². The van der Waals surface area contributed by atoms with Crippen LogP contribution >= 0.6 is 39.0 Å². The summed E-state index contributed by atoms with van der Waals surface area (Å²) in [7, 11) is 0. The number of hydrogen-bond acceptors (Lipinski definition) is 6. The molecule has 2 heterocycles. The summed E-state index contributed by atoms with van der Waals surface area (Å²) in [5.74, 6) is -0.206. The lowest BCUT2D eigenvalue weighted by atomic mass is 10.2. The minimum absolute atomic E-state index is 0.0715. The first-order valence-corrected chi connectivity index (χ1v) is 12.0. The molecule has 0 bridgehead atoms. The van der Waals surface area contributed by atoms with Crippen LogP contribution in [0.3, 0.4) is 0 Å². The first kappa shape index (κ1) is 21.5. The maximum absolute atomic E-state index is 13.2. The van der Waals surface area contributed by atoms with Gasteiger partial charge in [-0.2, -0.15) is 5.10 Å². The first-order valence-electron chi connectivity index (χ1n) is 9.29. The van der Waals surface area contributed by atoms with E-state index in [4.69, 9.17) is 0 Å². The Balaban J connectivity index is 1.59. The summed E-state index contributed by atoms with van der Waals surface area (Å²) < 4.78 is 2.44. The normalized spacial score (nSPS) is 11.3. The number of carbonyl (C=O) groups is 1. The number of nitrogens with one attached hydrogen (secondary N) is 1. The van der Waals surface area contributed by atoms with E-state index in [1.807, 2.05) is 54.8 Å². The van der Waals surface area contributed by atoms with Crippen LogP contribution in [0.25, 0.3) is 16.6 Å². The number of hydrazone groups is 1. The van der Waals surface area contributed by atoms with Crippen LogP contribution in [0.15, 0.2) is 79.5 Å². The molecule has 0 aliphatic carbocycles. The van der Waals surface area contributed by atoms with Crippen LogP contribution in [-0.4, -0.2) is 27.4 Å². The van der Waals surface area contributed by atoms with Crippen LogP contribution in [0.1, 0.15) is 10.4 Å². The SMILES string of the molecule is Cc1ccsc1/C=N\NC(=O)CSc1nc2ccccc2c(=O)n1-c1ccc(Br)cc1. The van der Waals surface area contributed by atoms with Crippen LogP contribution in [0.5, 0.6) is 0 Å². The lowest BCUT2D eigenvalue weighted by Crippen LogP contribution is -2.24. The highest BCUT2D eigenvalue weighted by Gasteiger charge is 2.14. The highest BCUT2D eigenvalue weighted by atomic mass is 79.9. The second kappa shape index (κ2) is 9.59. The summed E-state index contributed by atoms with van der Waals surface area (Å²) in [5, 5.41) is 6.96. The number of nitrogens with zero attached hydrogens (tertiary/aromatic N) is 3. The molecule has 2 aromatic carbocycles. The molecule has 6 nitrogen and oxygen atoms in total. The molecule has 4 aromatic rings. The molecule has 0 aliphatic rings. The Bertz CT molecular complexity index is 1330. The monoisotopic (exact) mass is 512 g/mol. The Morgan fingerprint density at radius 2 is 2.00 bits per heavy atom. The van der Waals surface area contributed by atoms with Crippen LogP contribution in [-0.2, 0) is 4.79 Å². The van der Waals surface area contributed by atoms with Gasteiger partial charge in [0.15, 0.2) is 5.16 Å². The minimum Gasteiger partial charge on any atom is -0.272 e. The number of para-hydroxylation sites is 1. The maximum Gasteiger partial charge on any atom is 0.266 e. The zero-order chi connectivity index (χ0) is 21.8. The number of rotatable bonds is 6. The van der Waals surface area contributed by atoms with Crippen molar-refractivity contribution < 1.29 is 4.79 Å². The Kier molecular flexibility index (Phi) is 6.64. The number of thioether (sulfide) groups is 1. The molecule has 0 radical (unpaired) electrons. The van der Waals surface area contributed by atoms with Crippen LogP contribution in [0, 0.1) is 6.92 Å². The highest BCUT2D eigenvalue weighted by Crippen LogP contribution is 2.22. The molecule has 0 spiro atoms. The second-order valence-corrected chi connectivity index (χ2v) is 9.38. The van der Waals surface area contributed by atoms with Crippen molar-refractivity contribution in [2.75, 3.05) is 5.75 Å². The molecule has 0 atom stereocenters. The zero-order valence-corrected chi connectivity index (χ0v) is 19.6. The molecule has 0 aliphatic heterocycles. The number of aryl methyl sites for hydroxylation is 1. The highest BCUT2D eigenvalue weighted by molar-refractivity contribution is 9.10. The molecule has 0 saturated heterocycles. The fourth-order valence-electron chi connectivity index (χ4n) is 2.87. The number of hydrogen-bond donors (Lipinski definition) is 1. The van der Waals surface area contributed by atoms with E-state index in [-0.39, 0.29) is 17.2 Å². The summed E-state index contributed by atoms with van der Waals surface area (Å²) >= 11 is 6.16. The average Bonchev–Trinajstić information content (AvgIpc) is 3.18. The van der Waals surface area contributed by atoms with E-state index in [1.54, 1.807) is 29.7 Å². The summed E-state index contributed by atoms with van der Waals surface area (Å²) in [6, 6.07) is 16.6. The molecule has 31 heavy (non-hydrogen) atoms. The van der Waals surface area contributed by atoms with E-state index in [2.05, 4.69) is 31.4 Å². The maximum atomic E-state index is 13.2. The van der Waals surface area contributed by atoms with E-state index in [9.17, 15) is 9.59 Å². The number of halogens is 1. The lowest BCUT2D eigenvalue weighted by molar-refractivity contribution is -0.118. The van der Waals surface area contributed by atoms with Crippen molar-refractivity contribution in [1.29, 1.82) is 0 Å². The van der Waals surface area contributed by atoms with Gasteiger partial charge in [-0.3, -0.25) is 14.2 Å². The molecular formula is C22H17BrN4O2S2. The molecule has 0 saturated carbocycles. The van der Waals surface area contributed by atoms with Gasteiger partial charge in [-0.25, -0.2) is 10.4 Å². The Morgan fingerprint density at radius 1 is 1.23 bits per heavy atom. The third-order valence-electron chi connectivity index (χ3n) is 4.43. The standard InChI is InChI=1S/C22H17BrN4O2S2/c1-14-10-11-30-19(14)12-24-26-20(28)13-31-22-25-18-5-3-2-4-17(18)21(29)27(22)16-8-6-15(23)7-9-16/h2-12H,13H2,1H3,(H,26,28)/b24-12-. The third kappa shape index (κ3) is 4.95. The van der Waals surface area contributed by atoms with Gasteiger partial charge < -0.3 is 0 Å². The van der Waals surface area contributed by atoms with Crippen molar-refractivity contribution in [2.45, 2.75) is 12.1 Å². The molecule has 0 fully saturated rings.